The summed E-state index contributed by atoms with van der Waals surface area (Å²) in [6.45, 7) is 0.334. The molecule has 0 fully saturated rings. The van der Waals surface area contributed by atoms with E-state index in [2.05, 4.69) is 21.2 Å². The lowest BCUT2D eigenvalue weighted by Crippen LogP contribution is -2.20. The topological polar surface area (TPSA) is 72.2 Å². The molecule has 0 aliphatic heterocycles. The molecule has 0 heterocycles. The number of benzene rings is 2. The zero-order valence-corrected chi connectivity index (χ0v) is 13.3. The summed E-state index contributed by atoms with van der Waals surface area (Å²) in [6.07, 6.45) is 3.21. The van der Waals surface area contributed by atoms with E-state index in [9.17, 15) is 9.59 Å². The van der Waals surface area contributed by atoms with Crippen LogP contribution in [0.4, 0.5) is 0 Å². The molecule has 3 N–H and O–H groups in total. The molecule has 0 radical (unpaired) electrons. The summed E-state index contributed by atoms with van der Waals surface area (Å²) in [5, 5.41) is 2.76. The van der Waals surface area contributed by atoms with Gasteiger partial charge in [0, 0.05) is 22.7 Å². The van der Waals surface area contributed by atoms with E-state index < -0.39 is 5.91 Å². The highest BCUT2D eigenvalue weighted by Crippen LogP contribution is 2.16. The van der Waals surface area contributed by atoms with Crippen molar-refractivity contribution in [2.45, 2.75) is 6.54 Å². The Morgan fingerprint density at radius 3 is 2.64 bits per heavy atom. The fourth-order valence-electron chi connectivity index (χ4n) is 1.86. The summed E-state index contributed by atoms with van der Waals surface area (Å²) in [4.78, 5) is 22.9. The smallest absolute Gasteiger partial charge is 0.248 e. The molecule has 0 atom stereocenters. The van der Waals surface area contributed by atoms with Gasteiger partial charge in [-0.3, -0.25) is 9.59 Å². The van der Waals surface area contributed by atoms with Crippen molar-refractivity contribution in [2.24, 2.45) is 5.73 Å². The van der Waals surface area contributed by atoms with Crippen LogP contribution in [0.3, 0.4) is 0 Å². The van der Waals surface area contributed by atoms with E-state index in [4.69, 9.17) is 5.73 Å². The summed E-state index contributed by atoms with van der Waals surface area (Å²) in [5.74, 6) is -0.692. The lowest BCUT2D eigenvalue weighted by Gasteiger charge is -2.04. The number of carbonyl (C=O) groups excluding carboxylic acids is 2. The molecule has 0 aliphatic carbocycles. The molecule has 22 heavy (non-hydrogen) atoms. The van der Waals surface area contributed by atoms with Crippen LogP contribution in [-0.4, -0.2) is 11.8 Å². The molecule has 0 unspecified atom stereocenters. The molecule has 0 aromatic heterocycles. The first-order chi connectivity index (χ1) is 10.6. The van der Waals surface area contributed by atoms with E-state index in [1.54, 1.807) is 24.3 Å². The molecule has 0 saturated carbocycles. The van der Waals surface area contributed by atoms with Gasteiger partial charge in [-0.05, 0) is 35.4 Å². The van der Waals surface area contributed by atoms with Crippen LogP contribution < -0.4 is 11.1 Å². The van der Waals surface area contributed by atoms with Gasteiger partial charge in [0.15, 0.2) is 0 Å². The van der Waals surface area contributed by atoms with Crippen LogP contribution in [0, 0.1) is 0 Å². The number of rotatable bonds is 5. The van der Waals surface area contributed by atoms with Crippen LogP contribution in [0.25, 0.3) is 6.08 Å². The lowest BCUT2D eigenvalue weighted by molar-refractivity contribution is -0.116. The molecule has 2 amide bonds. The Labute approximate surface area is 137 Å². The molecular weight excluding hydrogens is 344 g/mol. The van der Waals surface area contributed by atoms with Crippen LogP contribution in [0.5, 0.6) is 0 Å². The highest BCUT2D eigenvalue weighted by Gasteiger charge is 2.02. The van der Waals surface area contributed by atoms with E-state index in [-0.39, 0.29) is 5.91 Å². The Hall–Kier alpha value is -2.40. The number of primary amides is 1. The minimum atomic E-state index is -0.484. The van der Waals surface area contributed by atoms with Gasteiger partial charge >= 0.3 is 0 Å². The van der Waals surface area contributed by atoms with Gasteiger partial charge in [0.1, 0.15) is 0 Å². The average Bonchev–Trinajstić information content (AvgIpc) is 2.52. The third-order valence-electron chi connectivity index (χ3n) is 3.00. The molecule has 5 heteroatoms. The van der Waals surface area contributed by atoms with Crippen molar-refractivity contribution in [3.05, 3.63) is 75.8 Å². The summed E-state index contributed by atoms with van der Waals surface area (Å²) in [5.41, 5.74) is 7.39. The second kappa shape index (κ2) is 7.56. The van der Waals surface area contributed by atoms with Crippen molar-refractivity contribution < 1.29 is 9.59 Å². The van der Waals surface area contributed by atoms with E-state index in [1.807, 2.05) is 30.3 Å². The summed E-state index contributed by atoms with van der Waals surface area (Å²) >= 11 is 3.42. The average molecular weight is 359 g/mol. The molecule has 112 valence electrons. The predicted molar refractivity (Wildman–Crippen MR) is 90.0 cm³/mol. The van der Waals surface area contributed by atoms with Gasteiger partial charge in [0.25, 0.3) is 0 Å². The van der Waals surface area contributed by atoms with Crippen molar-refractivity contribution >= 4 is 33.8 Å². The second-order valence-electron chi connectivity index (χ2n) is 4.64. The van der Waals surface area contributed by atoms with Crippen molar-refractivity contribution in [3.8, 4) is 0 Å². The molecule has 4 nitrogen and oxygen atoms in total. The van der Waals surface area contributed by atoms with Crippen LogP contribution in [-0.2, 0) is 11.3 Å². The maximum absolute atomic E-state index is 11.8. The monoisotopic (exact) mass is 358 g/mol. The number of nitrogens with one attached hydrogen (secondary N) is 1. The van der Waals surface area contributed by atoms with Crippen molar-refractivity contribution in [1.82, 2.24) is 5.32 Å². The molecule has 2 aromatic rings. The molecular formula is C17H15BrN2O2. The highest BCUT2D eigenvalue weighted by atomic mass is 79.9. The molecule has 2 rings (SSSR count). The van der Waals surface area contributed by atoms with Crippen LogP contribution in [0.15, 0.2) is 59.1 Å². The first-order valence-electron chi connectivity index (χ1n) is 6.65. The largest absolute Gasteiger partial charge is 0.366 e. The lowest BCUT2D eigenvalue weighted by atomic mass is 10.1. The Morgan fingerprint density at radius 2 is 1.91 bits per heavy atom. The predicted octanol–water partition coefficient (Wildman–Crippen LogP) is 2.88. The number of amides is 2. The SMILES string of the molecule is NC(=O)c1cccc(CNC(=O)/C=C/c2ccccc2Br)c1. The van der Waals surface area contributed by atoms with E-state index in [0.717, 1.165) is 15.6 Å². The zero-order chi connectivity index (χ0) is 15.9. The van der Waals surface area contributed by atoms with Gasteiger partial charge in [-0.2, -0.15) is 0 Å². The van der Waals surface area contributed by atoms with Crippen molar-refractivity contribution in [1.29, 1.82) is 0 Å². The Bertz CT molecular complexity index is 726. The fourth-order valence-corrected chi connectivity index (χ4v) is 2.28. The quantitative estimate of drug-likeness (QED) is 0.806. The maximum Gasteiger partial charge on any atom is 0.248 e. The van der Waals surface area contributed by atoms with Gasteiger partial charge in [-0.15, -0.1) is 0 Å². The van der Waals surface area contributed by atoms with E-state index in [0.29, 0.717) is 12.1 Å². The molecule has 0 aliphatic rings. The number of nitrogens with two attached hydrogens (primary N) is 1. The standard InChI is InChI=1S/C17H15BrN2O2/c18-15-7-2-1-5-13(15)8-9-16(21)20-11-12-4-3-6-14(10-12)17(19)22/h1-10H,11H2,(H2,19,22)(H,20,21)/b9-8+. The second-order valence-corrected chi connectivity index (χ2v) is 5.49. The first-order valence-corrected chi connectivity index (χ1v) is 7.45. The number of halogens is 1. The normalized spacial score (nSPS) is 10.6. The Kier molecular flexibility index (Phi) is 5.49. The third-order valence-corrected chi connectivity index (χ3v) is 3.72. The number of carbonyl (C=O) groups is 2. The van der Waals surface area contributed by atoms with Crippen LogP contribution in [0.2, 0.25) is 0 Å². The van der Waals surface area contributed by atoms with Gasteiger partial charge in [0.05, 0.1) is 0 Å². The van der Waals surface area contributed by atoms with Gasteiger partial charge in [-0.25, -0.2) is 0 Å². The zero-order valence-electron chi connectivity index (χ0n) is 11.8. The highest BCUT2D eigenvalue weighted by molar-refractivity contribution is 9.10. The minimum Gasteiger partial charge on any atom is -0.366 e. The third kappa shape index (κ3) is 4.56. The van der Waals surface area contributed by atoms with Gasteiger partial charge in [-0.1, -0.05) is 46.3 Å². The van der Waals surface area contributed by atoms with Gasteiger partial charge < -0.3 is 11.1 Å². The first kappa shape index (κ1) is 16.0. The number of hydrogen-bond acceptors (Lipinski definition) is 2. The fraction of sp³-hybridized carbons (Fsp3) is 0.0588. The van der Waals surface area contributed by atoms with E-state index >= 15 is 0 Å². The summed E-state index contributed by atoms with van der Waals surface area (Å²) in [6, 6.07) is 14.5. The summed E-state index contributed by atoms with van der Waals surface area (Å²) in [7, 11) is 0. The van der Waals surface area contributed by atoms with Crippen molar-refractivity contribution in [2.75, 3.05) is 0 Å². The molecule has 0 spiro atoms. The minimum absolute atomic E-state index is 0.208. The van der Waals surface area contributed by atoms with Crippen LogP contribution in [0.1, 0.15) is 21.5 Å². The van der Waals surface area contributed by atoms with Crippen LogP contribution >= 0.6 is 15.9 Å². The molecule has 0 bridgehead atoms. The molecule has 2 aromatic carbocycles. The van der Waals surface area contributed by atoms with Crippen molar-refractivity contribution in [3.63, 3.8) is 0 Å². The summed E-state index contributed by atoms with van der Waals surface area (Å²) < 4.78 is 0.924. The Morgan fingerprint density at radius 1 is 1.14 bits per heavy atom. The maximum atomic E-state index is 11.8. The van der Waals surface area contributed by atoms with Gasteiger partial charge in [0.2, 0.25) is 11.8 Å². The number of hydrogen-bond donors (Lipinski definition) is 2. The Balaban J connectivity index is 1.94. The van der Waals surface area contributed by atoms with E-state index in [1.165, 1.54) is 6.08 Å². The molecule has 0 saturated heterocycles.